The number of aryl methyl sites for hydroxylation is 1. The fourth-order valence-electron chi connectivity index (χ4n) is 0.943. The van der Waals surface area contributed by atoms with E-state index in [1.807, 2.05) is 0 Å². The van der Waals surface area contributed by atoms with Gasteiger partial charge in [0.05, 0.1) is 0 Å². The molecule has 0 aliphatic carbocycles. The van der Waals surface area contributed by atoms with E-state index in [-0.39, 0.29) is 24.8 Å². The van der Waals surface area contributed by atoms with Crippen molar-refractivity contribution in [1.29, 1.82) is 0 Å². The second-order valence-electron chi connectivity index (χ2n) is 2.40. The van der Waals surface area contributed by atoms with Crippen LogP contribution in [-0.4, -0.2) is 0 Å². The number of halogens is 3. The van der Waals surface area contributed by atoms with E-state index in [1.165, 1.54) is 0 Å². The molecular formula is C8H10Cl2FN. The highest BCUT2D eigenvalue weighted by molar-refractivity contribution is 6.30. The fraction of sp³-hybridized carbons (Fsp3) is 0.250. The fourth-order valence-corrected chi connectivity index (χ4v) is 1.24. The van der Waals surface area contributed by atoms with Crippen LogP contribution in [0.5, 0.6) is 0 Å². The predicted molar refractivity (Wildman–Crippen MR) is 51.3 cm³/mol. The van der Waals surface area contributed by atoms with Crippen LogP contribution in [0.25, 0.3) is 0 Å². The summed E-state index contributed by atoms with van der Waals surface area (Å²) in [6.07, 6.45) is 0. The third-order valence-corrected chi connectivity index (χ3v) is 1.73. The number of nitrogens with two attached hydrogens (primary N) is 1. The molecule has 0 amide bonds. The van der Waals surface area contributed by atoms with Crippen LogP contribution in [-0.2, 0) is 6.54 Å². The first-order valence-electron chi connectivity index (χ1n) is 3.29. The van der Waals surface area contributed by atoms with E-state index in [0.717, 1.165) is 0 Å². The molecule has 12 heavy (non-hydrogen) atoms. The zero-order valence-electron chi connectivity index (χ0n) is 6.60. The lowest BCUT2D eigenvalue weighted by atomic mass is 10.1. The molecule has 0 fully saturated rings. The largest absolute Gasteiger partial charge is 0.326 e. The SMILES string of the molecule is Cc1cc(Cl)cc(CN)c1F.Cl. The van der Waals surface area contributed by atoms with Crippen LogP contribution in [0.15, 0.2) is 12.1 Å². The highest BCUT2D eigenvalue weighted by atomic mass is 35.5. The summed E-state index contributed by atoms with van der Waals surface area (Å²) in [5.41, 5.74) is 6.30. The van der Waals surface area contributed by atoms with Gasteiger partial charge in [0.2, 0.25) is 0 Å². The van der Waals surface area contributed by atoms with E-state index in [2.05, 4.69) is 0 Å². The Kier molecular flexibility index (Phi) is 4.53. The molecule has 0 heterocycles. The maximum atomic E-state index is 13.0. The summed E-state index contributed by atoms with van der Waals surface area (Å²) >= 11 is 5.68. The van der Waals surface area contributed by atoms with Gasteiger partial charge in [-0.05, 0) is 24.6 Å². The minimum Gasteiger partial charge on any atom is -0.326 e. The molecular weight excluding hydrogens is 200 g/mol. The summed E-state index contributed by atoms with van der Waals surface area (Å²) in [5.74, 6) is -0.253. The van der Waals surface area contributed by atoms with Gasteiger partial charge in [-0.25, -0.2) is 4.39 Å². The Morgan fingerprint density at radius 2 is 2.08 bits per heavy atom. The minimum atomic E-state index is -0.253. The first kappa shape index (κ1) is 11.7. The molecule has 0 aliphatic heterocycles. The lowest BCUT2D eigenvalue weighted by Gasteiger charge is -2.02. The average molecular weight is 210 g/mol. The maximum absolute atomic E-state index is 13.0. The van der Waals surface area contributed by atoms with Crippen molar-refractivity contribution in [2.24, 2.45) is 5.73 Å². The Hall–Kier alpha value is -0.310. The van der Waals surface area contributed by atoms with Crippen LogP contribution in [0.4, 0.5) is 4.39 Å². The summed E-state index contributed by atoms with van der Waals surface area (Å²) in [6, 6.07) is 3.12. The predicted octanol–water partition coefficient (Wildman–Crippen LogP) is 2.67. The van der Waals surface area contributed by atoms with Gasteiger partial charge in [0, 0.05) is 17.1 Å². The third-order valence-electron chi connectivity index (χ3n) is 1.51. The van der Waals surface area contributed by atoms with Crippen LogP contribution in [0, 0.1) is 12.7 Å². The summed E-state index contributed by atoms with van der Waals surface area (Å²) < 4.78 is 13.0. The van der Waals surface area contributed by atoms with Crippen molar-refractivity contribution < 1.29 is 4.39 Å². The van der Waals surface area contributed by atoms with E-state index in [1.54, 1.807) is 19.1 Å². The summed E-state index contributed by atoms with van der Waals surface area (Å²) in [4.78, 5) is 0. The molecule has 0 spiro atoms. The van der Waals surface area contributed by atoms with Crippen LogP contribution >= 0.6 is 24.0 Å². The van der Waals surface area contributed by atoms with Crippen molar-refractivity contribution in [2.45, 2.75) is 13.5 Å². The Balaban J connectivity index is 0.00000121. The average Bonchev–Trinajstić information content (AvgIpc) is 1.96. The van der Waals surface area contributed by atoms with Crippen molar-refractivity contribution in [1.82, 2.24) is 0 Å². The van der Waals surface area contributed by atoms with E-state index >= 15 is 0 Å². The Morgan fingerprint density at radius 1 is 1.50 bits per heavy atom. The number of hydrogen-bond acceptors (Lipinski definition) is 1. The summed E-state index contributed by atoms with van der Waals surface area (Å²) in [7, 11) is 0. The van der Waals surface area contributed by atoms with E-state index in [9.17, 15) is 4.39 Å². The molecule has 0 aliphatic rings. The molecule has 0 aromatic heterocycles. The standard InChI is InChI=1S/C8H9ClFN.ClH/c1-5-2-7(9)3-6(4-11)8(5)10;/h2-3H,4,11H2,1H3;1H. The van der Waals surface area contributed by atoms with Crippen molar-refractivity contribution in [3.05, 3.63) is 34.1 Å². The first-order chi connectivity index (χ1) is 5.15. The Morgan fingerprint density at radius 3 is 2.58 bits per heavy atom. The zero-order chi connectivity index (χ0) is 8.43. The van der Waals surface area contributed by atoms with E-state index < -0.39 is 0 Å². The molecule has 0 saturated heterocycles. The molecule has 0 unspecified atom stereocenters. The molecule has 68 valence electrons. The number of hydrogen-bond donors (Lipinski definition) is 1. The molecule has 0 radical (unpaired) electrons. The van der Waals surface area contributed by atoms with Crippen molar-refractivity contribution in [2.75, 3.05) is 0 Å². The molecule has 0 atom stereocenters. The smallest absolute Gasteiger partial charge is 0.130 e. The lowest BCUT2D eigenvalue weighted by molar-refractivity contribution is 0.601. The van der Waals surface area contributed by atoms with Crippen molar-refractivity contribution in [3.8, 4) is 0 Å². The molecule has 0 bridgehead atoms. The third kappa shape index (κ3) is 2.34. The number of rotatable bonds is 1. The highest BCUT2D eigenvalue weighted by Crippen LogP contribution is 2.18. The van der Waals surface area contributed by atoms with Gasteiger partial charge in [-0.1, -0.05) is 11.6 Å². The van der Waals surface area contributed by atoms with Crippen LogP contribution in [0.1, 0.15) is 11.1 Å². The second-order valence-corrected chi connectivity index (χ2v) is 2.84. The van der Waals surface area contributed by atoms with Gasteiger partial charge in [-0.2, -0.15) is 0 Å². The number of benzene rings is 1. The van der Waals surface area contributed by atoms with E-state index in [0.29, 0.717) is 16.1 Å². The molecule has 1 nitrogen and oxygen atoms in total. The molecule has 1 aromatic rings. The van der Waals surface area contributed by atoms with Gasteiger partial charge in [0.1, 0.15) is 5.82 Å². The lowest BCUT2D eigenvalue weighted by Crippen LogP contribution is -2.01. The molecule has 4 heteroatoms. The Bertz CT molecular complexity index is 276. The molecule has 1 rings (SSSR count). The van der Waals surface area contributed by atoms with Gasteiger partial charge in [-0.15, -0.1) is 12.4 Å². The van der Waals surface area contributed by atoms with E-state index in [4.69, 9.17) is 17.3 Å². The summed E-state index contributed by atoms with van der Waals surface area (Å²) in [5, 5.41) is 0.532. The van der Waals surface area contributed by atoms with Crippen molar-refractivity contribution >= 4 is 24.0 Å². The monoisotopic (exact) mass is 209 g/mol. The van der Waals surface area contributed by atoms with Gasteiger partial charge >= 0.3 is 0 Å². The molecule has 0 saturated carbocycles. The van der Waals surface area contributed by atoms with Gasteiger partial charge in [-0.3, -0.25) is 0 Å². The van der Waals surface area contributed by atoms with Crippen molar-refractivity contribution in [3.63, 3.8) is 0 Å². The highest BCUT2D eigenvalue weighted by Gasteiger charge is 2.04. The van der Waals surface area contributed by atoms with Crippen LogP contribution < -0.4 is 5.73 Å². The van der Waals surface area contributed by atoms with Gasteiger partial charge in [0.25, 0.3) is 0 Å². The minimum absolute atomic E-state index is 0. The topological polar surface area (TPSA) is 26.0 Å². The van der Waals surface area contributed by atoms with Gasteiger partial charge < -0.3 is 5.73 Å². The second kappa shape index (κ2) is 4.65. The van der Waals surface area contributed by atoms with Crippen LogP contribution in [0.2, 0.25) is 5.02 Å². The van der Waals surface area contributed by atoms with Gasteiger partial charge in [0.15, 0.2) is 0 Å². The first-order valence-corrected chi connectivity index (χ1v) is 3.67. The normalized spacial score (nSPS) is 9.33. The summed E-state index contributed by atoms with van der Waals surface area (Å²) in [6.45, 7) is 1.85. The molecule has 2 N–H and O–H groups in total. The zero-order valence-corrected chi connectivity index (χ0v) is 8.18. The quantitative estimate of drug-likeness (QED) is 0.757. The molecule has 1 aromatic carbocycles. The van der Waals surface area contributed by atoms with Crippen LogP contribution in [0.3, 0.4) is 0 Å². The maximum Gasteiger partial charge on any atom is 0.130 e. The Labute approximate surface area is 82.1 Å².